The largest absolute Gasteiger partial charge is 0.491 e. The van der Waals surface area contributed by atoms with E-state index in [-0.39, 0.29) is 29.9 Å². The van der Waals surface area contributed by atoms with E-state index in [2.05, 4.69) is 28.1 Å². The molecule has 1 aromatic rings. The second-order valence-electron chi connectivity index (χ2n) is 11.5. The molecule has 0 aromatic heterocycles. The zero-order chi connectivity index (χ0) is 26.9. The van der Waals surface area contributed by atoms with Gasteiger partial charge in [0.1, 0.15) is 24.1 Å². The van der Waals surface area contributed by atoms with Crippen molar-refractivity contribution in [2.45, 2.75) is 103 Å². The molecule has 5 atom stereocenters. The highest BCUT2D eigenvalue weighted by Crippen LogP contribution is 2.43. The Morgan fingerprint density at radius 1 is 1.14 bits per heavy atom. The van der Waals surface area contributed by atoms with Crippen LogP contribution < -0.4 is 20.7 Å². The monoisotopic (exact) mass is 514 g/mol. The van der Waals surface area contributed by atoms with Crippen molar-refractivity contribution >= 4 is 17.7 Å². The summed E-state index contributed by atoms with van der Waals surface area (Å²) in [6, 6.07) is 4.10. The van der Waals surface area contributed by atoms with Crippen LogP contribution in [0.25, 0.3) is 0 Å². The van der Waals surface area contributed by atoms with Crippen LogP contribution in [0.5, 0.6) is 5.75 Å². The molecular weight excluding hydrogens is 472 g/mol. The number of benzene rings is 1. The summed E-state index contributed by atoms with van der Waals surface area (Å²) in [6.45, 7) is 10.1. The van der Waals surface area contributed by atoms with Crippen LogP contribution in [0.2, 0.25) is 0 Å². The third kappa shape index (κ3) is 5.77. The summed E-state index contributed by atoms with van der Waals surface area (Å²) in [7, 11) is 1.70. The van der Waals surface area contributed by atoms with Crippen LogP contribution >= 0.6 is 0 Å². The molecule has 9 heteroatoms. The van der Waals surface area contributed by atoms with Gasteiger partial charge in [-0.1, -0.05) is 19.9 Å². The smallest absolute Gasteiger partial charge is 0.247 e. The maximum atomic E-state index is 13.9. The number of amides is 3. The van der Waals surface area contributed by atoms with Gasteiger partial charge >= 0.3 is 0 Å². The van der Waals surface area contributed by atoms with E-state index < -0.39 is 29.8 Å². The van der Waals surface area contributed by atoms with Crippen LogP contribution in [0.4, 0.5) is 0 Å². The van der Waals surface area contributed by atoms with Gasteiger partial charge in [0.2, 0.25) is 17.7 Å². The Kier molecular flexibility index (Phi) is 8.14. The van der Waals surface area contributed by atoms with E-state index >= 15 is 0 Å². The molecule has 2 heterocycles. The van der Waals surface area contributed by atoms with Gasteiger partial charge in [-0.05, 0) is 82.2 Å². The highest BCUT2D eigenvalue weighted by molar-refractivity contribution is 5.94. The molecule has 204 valence electrons. The second-order valence-corrected chi connectivity index (χ2v) is 11.5. The maximum absolute atomic E-state index is 13.9. The van der Waals surface area contributed by atoms with Gasteiger partial charge < -0.3 is 30.3 Å². The molecule has 2 saturated heterocycles. The molecule has 4 rings (SSSR count). The topological polar surface area (TPSA) is 109 Å². The molecular formula is C28H42N4O5. The molecule has 1 aliphatic carbocycles. The van der Waals surface area contributed by atoms with Crippen molar-refractivity contribution in [1.29, 1.82) is 0 Å². The van der Waals surface area contributed by atoms with Gasteiger partial charge in [0.05, 0.1) is 24.8 Å². The van der Waals surface area contributed by atoms with Gasteiger partial charge in [0, 0.05) is 6.42 Å². The number of hydrogen-bond acceptors (Lipinski definition) is 6. The zero-order valence-electron chi connectivity index (χ0n) is 22.9. The normalized spacial score (nSPS) is 27.6. The van der Waals surface area contributed by atoms with Crippen molar-refractivity contribution in [2.24, 2.45) is 5.41 Å². The first kappa shape index (κ1) is 27.4. The summed E-state index contributed by atoms with van der Waals surface area (Å²) in [6.07, 6.45) is 3.28. The van der Waals surface area contributed by atoms with Crippen LogP contribution in [0.1, 0.15) is 77.5 Å². The van der Waals surface area contributed by atoms with Gasteiger partial charge in [-0.3, -0.25) is 14.4 Å². The number of ether oxygens (including phenoxy) is 2. The number of carbonyl (C=O) groups is 3. The molecule has 3 aliphatic rings. The zero-order valence-corrected chi connectivity index (χ0v) is 22.9. The average molecular weight is 515 g/mol. The van der Waals surface area contributed by atoms with Crippen LogP contribution in [0.15, 0.2) is 18.2 Å². The van der Waals surface area contributed by atoms with Crippen molar-refractivity contribution in [1.82, 2.24) is 20.9 Å². The molecule has 2 fully saturated rings. The van der Waals surface area contributed by atoms with E-state index in [0.29, 0.717) is 19.4 Å². The average Bonchev–Trinajstić information content (AvgIpc) is 3.03. The first-order chi connectivity index (χ1) is 17.5. The summed E-state index contributed by atoms with van der Waals surface area (Å²) in [4.78, 5) is 41.7. The molecule has 0 spiro atoms. The molecule has 0 bridgehead atoms. The van der Waals surface area contributed by atoms with Crippen molar-refractivity contribution in [3.8, 4) is 5.75 Å². The first-order valence-corrected chi connectivity index (χ1v) is 13.5. The minimum absolute atomic E-state index is 0.0955. The maximum Gasteiger partial charge on any atom is 0.247 e. The lowest BCUT2D eigenvalue weighted by molar-refractivity contribution is -0.150. The van der Waals surface area contributed by atoms with Crippen molar-refractivity contribution in [3.05, 3.63) is 29.3 Å². The first-order valence-electron chi connectivity index (χ1n) is 13.5. The highest BCUT2D eigenvalue weighted by Gasteiger charge is 2.55. The molecule has 3 amide bonds. The Labute approximate surface area is 220 Å². The predicted octanol–water partition coefficient (Wildman–Crippen LogP) is 2.43. The van der Waals surface area contributed by atoms with E-state index in [1.807, 2.05) is 33.8 Å². The SMILES string of the molecule is CN[C@@H](C)C(=O)N[C@H]1CCO[C@H]2CC(C)(C)[C@@H](C(=O)N[C@@H]3CCCc4cc(OC(C)C)ccc43)N2C1=O. The van der Waals surface area contributed by atoms with Crippen molar-refractivity contribution in [3.63, 3.8) is 0 Å². The van der Waals surface area contributed by atoms with Crippen molar-refractivity contribution < 1.29 is 23.9 Å². The third-order valence-electron chi connectivity index (χ3n) is 7.81. The minimum Gasteiger partial charge on any atom is -0.491 e. The lowest BCUT2D eigenvalue weighted by atomic mass is 9.82. The minimum atomic E-state index is -0.729. The standard InChI is InChI=1S/C28H42N4O5/c1-16(2)37-19-10-11-20-18(14-19)8-7-9-21(20)30-26(34)24-28(4,5)15-23-32(24)27(35)22(12-13-36-23)31-25(33)17(3)29-6/h10-11,14,16-17,21-24,29H,7-9,12-13,15H2,1-6H3,(H,30,34)(H,31,33)/t17-,21+,22-,23-,24+/m0/s1. The number of rotatable bonds is 7. The molecule has 1 aromatic carbocycles. The number of nitrogens with zero attached hydrogens (tertiary/aromatic N) is 1. The molecule has 0 saturated carbocycles. The molecule has 3 N–H and O–H groups in total. The quantitative estimate of drug-likeness (QED) is 0.516. The summed E-state index contributed by atoms with van der Waals surface area (Å²) >= 11 is 0. The number of carbonyl (C=O) groups excluding carboxylic acids is 3. The van der Waals surface area contributed by atoms with Crippen molar-refractivity contribution in [2.75, 3.05) is 13.7 Å². The lowest BCUT2D eigenvalue weighted by Gasteiger charge is -2.35. The predicted molar refractivity (Wildman–Crippen MR) is 140 cm³/mol. The second kappa shape index (κ2) is 11.0. The van der Waals surface area contributed by atoms with E-state index in [1.54, 1.807) is 18.9 Å². The van der Waals surface area contributed by atoms with Crippen LogP contribution in [0, 0.1) is 5.41 Å². The highest BCUT2D eigenvalue weighted by atomic mass is 16.5. The van der Waals surface area contributed by atoms with Crippen LogP contribution in [-0.2, 0) is 25.5 Å². The van der Waals surface area contributed by atoms with E-state index in [0.717, 1.165) is 30.6 Å². The lowest BCUT2D eigenvalue weighted by Crippen LogP contribution is -2.58. The number of hydrogen-bond donors (Lipinski definition) is 3. The fourth-order valence-corrected chi connectivity index (χ4v) is 5.82. The summed E-state index contributed by atoms with van der Waals surface area (Å²) in [5, 5.41) is 9.02. The molecule has 0 unspecified atom stereocenters. The van der Waals surface area contributed by atoms with Gasteiger partial charge in [0.15, 0.2) is 0 Å². The Morgan fingerprint density at radius 2 is 1.89 bits per heavy atom. The summed E-state index contributed by atoms with van der Waals surface area (Å²) in [5.74, 6) is 0.150. The molecule has 0 radical (unpaired) electrons. The summed E-state index contributed by atoms with van der Waals surface area (Å²) in [5.41, 5.74) is 1.81. The van der Waals surface area contributed by atoms with E-state index in [4.69, 9.17) is 9.47 Å². The third-order valence-corrected chi connectivity index (χ3v) is 7.81. The number of fused-ring (bicyclic) bond motifs is 2. The van der Waals surface area contributed by atoms with Gasteiger partial charge in [-0.15, -0.1) is 0 Å². The Balaban J connectivity index is 1.54. The van der Waals surface area contributed by atoms with Crippen LogP contribution in [-0.4, -0.2) is 66.7 Å². The Bertz CT molecular complexity index is 1030. The van der Waals surface area contributed by atoms with Gasteiger partial charge in [0.25, 0.3) is 0 Å². The van der Waals surface area contributed by atoms with Crippen LogP contribution in [0.3, 0.4) is 0 Å². The fourth-order valence-electron chi connectivity index (χ4n) is 5.82. The van der Waals surface area contributed by atoms with Gasteiger partial charge in [-0.2, -0.15) is 0 Å². The van der Waals surface area contributed by atoms with E-state index in [9.17, 15) is 14.4 Å². The molecule has 2 aliphatic heterocycles. The number of aryl methyl sites for hydroxylation is 1. The summed E-state index contributed by atoms with van der Waals surface area (Å²) < 4.78 is 11.9. The van der Waals surface area contributed by atoms with Gasteiger partial charge in [-0.25, -0.2) is 0 Å². The Hall–Kier alpha value is -2.65. The van der Waals surface area contributed by atoms with E-state index in [1.165, 1.54) is 5.56 Å². The fraction of sp³-hybridized carbons (Fsp3) is 0.679. The Morgan fingerprint density at radius 3 is 2.59 bits per heavy atom. The molecule has 37 heavy (non-hydrogen) atoms. The number of nitrogens with one attached hydrogen (secondary N) is 3. The number of likely N-dealkylation sites (N-methyl/N-ethyl adjacent to an activating group) is 1. The molecule has 9 nitrogen and oxygen atoms in total.